The van der Waals surface area contributed by atoms with Crippen LogP contribution in [0.5, 0.6) is 11.5 Å². The zero-order chi connectivity index (χ0) is 26.9. The molecule has 6 nitrogen and oxygen atoms in total. The molecule has 0 aliphatic carbocycles. The molecule has 3 atom stereocenters. The van der Waals surface area contributed by atoms with Gasteiger partial charge in [0, 0.05) is 11.6 Å². The number of rotatable bonds is 8. The van der Waals surface area contributed by atoms with Gasteiger partial charge in [0.15, 0.2) is 0 Å². The number of hydrogen-bond acceptors (Lipinski definition) is 5. The molecule has 1 fully saturated rings. The highest BCUT2D eigenvalue weighted by atomic mass is 32.2. The highest BCUT2D eigenvalue weighted by molar-refractivity contribution is 7.95. The molecule has 0 spiro atoms. The lowest BCUT2D eigenvalue weighted by Crippen LogP contribution is -2.58. The molecule has 0 radical (unpaired) electrons. The zero-order valence-corrected chi connectivity index (χ0v) is 21.6. The number of aromatic hydroxyl groups is 1. The van der Waals surface area contributed by atoms with E-state index in [-0.39, 0.29) is 18.6 Å². The molecule has 1 aliphatic heterocycles. The first-order valence-corrected chi connectivity index (χ1v) is 13.8. The second-order valence-corrected chi connectivity index (χ2v) is 11.3. The standard InChI is InChI=1S/C30H28FNO5S/c1-37-25-15-16-26(28(34)19-25)30-29(18-17-27(33)22-7-11-23(31)12-8-22)38(35,36)32(30)24-13-9-21(10-14-24)20-5-3-2-4-6-20/h2-16,19,27,29-30,33-34H,17-18H2,1H3/t27-,29+,30-/m1/s1. The number of methoxy groups -OCH3 is 1. The van der Waals surface area contributed by atoms with Crippen LogP contribution in [0.15, 0.2) is 97.1 Å². The van der Waals surface area contributed by atoms with E-state index in [1.165, 1.54) is 41.7 Å². The summed E-state index contributed by atoms with van der Waals surface area (Å²) in [6, 6.07) is 26.7. The van der Waals surface area contributed by atoms with E-state index in [0.717, 1.165) is 11.1 Å². The van der Waals surface area contributed by atoms with Crippen LogP contribution in [0.2, 0.25) is 0 Å². The fraction of sp³-hybridized carbons (Fsp3) is 0.200. The first kappa shape index (κ1) is 25.8. The van der Waals surface area contributed by atoms with Crippen LogP contribution < -0.4 is 9.04 Å². The summed E-state index contributed by atoms with van der Waals surface area (Å²) in [6.45, 7) is 0. The minimum absolute atomic E-state index is 0.0701. The van der Waals surface area contributed by atoms with Crippen molar-refractivity contribution in [3.8, 4) is 22.6 Å². The summed E-state index contributed by atoms with van der Waals surface area (Å²) < 4.78 is 47.0. The highest BCUT2D eigenvalue weighted by Crippen LogP contribution is 2.50. The fourth-order valence-electron chi connectivity index (χ4n) is 5.00. The monoisotopic (exact) mass is 533 g/mol. The SMILES string of the molecule is COc1ccc([C@@H]2[C@H](CC[C@@H](O)c3ccc(F)cc3)S(=O)(=O)N2c2ccc(-c3ccccc3)cc2)c(O)c1. The summed E-state index contributed by atoms with van der Waals surface area (Å²) >= 11 is 0. The summed E-state index contributed by atoms with van der Waals surface area (Å²) in [6.07, 6.45) is -0.644. The Labute approximate surface area is 221 Å². The van der Waals surface area contributed by atoms with E-state index in [2.05, 4.69) is 0 Å². The molecule has 0 saturated carbocycles. The molecule has 5 rings (SSSR count). The molecule has 0 bridgehead atoms. The van der Waals surface area contributed by atoms with Crippen molar-refractivity contribution < 1.29 is 27.8 Å². The third kappa shape index (κ3) is 4.85. The maximum atomic E-state index is 13.6. The van der Waals surface area contributed by atoms with Crippen molar-refractivity contribution in [2.45, 2.75) is 30.2 Å². The molecular formula is C30H28FNO5S. The van der Waals surface area contributed by atoms with Gasteiger partial charge in [0.05, 0.1) is 24.9 Å². The number of phenolic OH excluding ortho intramolecular Hbond substituents is 1. The molecule has 38 heavy (non-hydrogen) atoms. The molecule has 0 aromatic heterocycles. The smallest absolute Gasteiger partial charge is 0.241 e. The molecule has 1 saturated heterocycles. The lowest BCUT2D eigenvalue weighted by atomic mass is 9.95. The van der Waals surface area contributed by atoms with E-state index >= 15 is 0 Å². The molecule has 8 heteroatoms. The van der Waals surface area contributed by atoms with Crippen LogP contribution in [0.3, 0.4) is 0 Å². The van der Waals surface area contributed by atoms with E-state index in [1.807, 2.05) is 42.5 Å². The second kappa shape index (κ2) is 10.5. The van der Waals surface area contributed by atoms with Crippen LogP contribution >= 0.6 is 0 Å². The van der Waals surface area contributed by atoms with E-state index in [4.69, 9.17) is 4.74 Å². The first-order valence-electron chi connectivity index (χ1n) is 12.3. The van der Waals surface area contributed by atoms with E-state index < -0.39 is 33.2 Å². The third-order valence-electron chi connectivity index (χ3n) is 7.03. The molecule has 2 N–H and O–H groups in total. The van der Waals surface area contributed by atoms with Crippen LogP contribution in [-0.2, 0) is 10.0 Å². The number of halogens is 1. The Morgan fingerprint density at radius 3 is 2.21 bits per heavy atom. The number of hydrogen-bond donors (Lipinski definition) is 2. The van der Waals surface area contributed by atoms with E-state index in [9.17, 15) is 23.0 Å². The van der Waals surface area contributed by atoms with E-state index in [1.54, 1.807) is 24.3 Å². The van der Waals surface area contributed by atoms with Gasteiger partial charge in [0.25, 0.3) is 0 Å². The van der Waals surface area contributed by atoms with Crippen molar-refractivity contribution in [3.05, 3.63) is 114 Å². The van der Waals surface area contributed by atoms with Gasteiger partial charge < -0.3 is 14.9 Å². The maximum absolute atomic E-state index is 13.6. The van der Waals surface area contributed by atoms with Crippen molar-refractivity contribution in [3.63, 3.8) is 0 Å². The normalized spacial score (nSPS) is 19.0. The Kier molecular flexibility index (Phi) is 7.10. The molecule has 1 aliphatic rings. The van der Waals surface area contributed by atoms with Crippen LogP contribution in [0, 0.1) is 5.82 Å². The lowest BCUT2D eigenvalue weighted by molar-refractivity contribution is 0.162. The minimum atomic E-state index is -3.79. The van der Waals surface area contributed by atoms with Crippen molar-refractivity contribution in [2.24, 2.45) is 0 Å². The molecule has 0 amide bonds. The quantitative estimate of drug-likeness (QED) is 0.291. The minimum Gasteiger partial charge on any atom is -0.507 e. The Bertz CT molecular complexity index is 1510. The number of benzene rings is 4. The fourth-order valence-corrected chi connectivity index (χ4v) is 7.12. The van der Waals surface area contributed by atoms with Gasteiger partial charge in [-0.25, -0.2) is 12.8 Å². The molecule has 1 heterocycles. The van der Waals surface area contributed by atoms with Crippen LogP contribution in [0.1, 0.15) is 36.1 Å². The largest absolute Gasteiger partial charge is 0.507 e. The number of ether oxygens (including phenoxy) is 1. The second-order valence-electron chi connectivity index (χ2n) is 9.31. The molecule has 4 aromatic rings. The number of aliphatic hydroxyl groups excluding tert-OH is 1. The van der Waals surface area contributed by atoms with Gasteiger partial charge in [0.2, 0.25) is 10.0 Å². The van der Waals surface area contributed by atoms with Gasteiger partial charge in [-0.3, -0.25) is 4.31 Å². The maximum Gasteiger partial charge on any atom is 0.241 e. The van der Waals surface area contributed by atoms with Crippen LogP contribution in [-0.4, -0.2) is 31.0 Å². The Hall–Kier alpha value is -3.88. The van der Waals surface area contributed by atoms with Crippen molar-refractivity contribution >= 4 is 15.7 Å². The summed E-state index contributed by atoms with van der Waals surface area (Å²) in [5, 5.41) is 20.6. The lowest BCUT2D eigenvalue weighted by Gasteiger charge is -2.48. The van der Waals surface area contributed by atoms with Crippen molar-refractivity contribution in [1.82, 2.24) is 0 Å². The Morgan fingerprint density at radius 1 is 0.921 bits per heavy atom. The predicted octanol–water partition coefficient (Wildman–Crippen LogP) is 5.98. The van der Waals surface area contributed by atoms with Gasteiger partial charge in [-0.15, -0.1) is 0 Å². The molecule has 4 aromatic carbocycles. The number of phenols is 1. The summed E-state index contributed by atoms with van der Waals surface area (Å²) in [5.74, 6) is -0.0267. The topological polar surface area (TPSA) is 87.1 Å². The third-order valence-corrected chi connectivity index (χ3v) is 9.27. The van der Waals surface area contributed by atoms with E-state index in [0.29, 0.717) is 22.6 Å². The van der Waals surface area contributed by atoms with Crippen LogP contribution in [0.4, 0.5) is 10.1 Å². The van der Waals surface area contributed by atoms with Gasteiger partial charge in [0.1, 0.15) is 22.6 Å². The van der Waals surface area contributed by atoms with Gasteiger partial charge in [-0.05, 0) is 65.9 Å². The number of anilines is 1. The average Bonchev–Trinajstić information content (AvgIpc) is 2.93. The van der Waals surface area contributed by atoms with Crippen LogP contribution in [0.25, 0.3) is 11.1 Å². The summed E-state index contributed by atoms with van der Waals surface area (Å²) in [7, 11) is -2.30. The molecule has 0 unspecified atom stereocenters. The van der Waals surface area contributed by atoms with Crippen molar-refractivity contribution in [1.29, 1.82) is 0 Å². The first-order chi connectivity index (χ1) is 18.3. The van der Waals surface area contributed by atoms with Crippen molar-refractivity contribution in [2.75, 3.05) is 11.4 Å². The number of aliphatic hydroxyl groups is 1. The van der Waals surface area contributed by atoms with Gasteiger partial charge >= 0.3 is 0 Å². The average molecular weight is 534 g/mol. The van der Waals surface area contributed by atoms with Gasteiger partial charge in [-0.1, -0.05) is 54.6 Å². The summed E-state index contributed by atoms with van der Waals surface area (Å²) in [5.41, 5.74) is 3.42. The molecule has 196 valence electrons. The highest BCUT2D eigenvalue weighted by Gasteiger charge is 2.55. The zero-order valence-electron chi connectivity index (χ0n) is 20.7. The molecular weight excluding hydrogens is 505 g/mol. The number of sulfonamides is 1. The van der Waals surface area contributed by atoms with Gasteiger partial charge in [-0.2, -0.15) is 0 Å². The number of nitrogens with zero attached hydrogens (tertiary/aromatic N) is 1. The summed E-state index contributed by atoms with van der Waals surface area (Å²) in [4.78, 5) is 0. The Balaban J connectivity index is 1.46. The predicted molar refractivity (Wildman–Crippen MR) is 145 cm³/mol. The Morgan fingerprint density at radius 2 is 1.58 bits per heavy atom.